The van der Waals surface area contributed by atoms with Gasteiger partial charge in [0.25, 0.3) is 0 Å². The fourth-order valence-electron chi connectivity index (χ4n) is 3.51. The molecule has 1 aromatic rings. The summed E-state index contributed by atoms with van der Waals surface area (Å²) >= 11 is 0. The second-order valence-corrected chi connectivity index (χ2v) is 7.45. The smallest absolute Gasteiger partial charge is 0.422 e. The van der Waals surface area contributed by atoms with Crippen LogP contribution in [0.15, 0.2) is 0 Å². The Kier molecular flexibility index (Phi) is 6.13. The Hall–Kier alpha value is -1.88. The summed E-state index contributed by atoms with van der Waals surface area (Å²) in [5.74, 6) is 0.576. The molecule has 2 saturated heterocycles. The van der Waals surface area contributed by atoms with E-state index in [2.05, 4.69) is 15.0 Å². The molecule has 28 heavy (non-hydrogen) atoms. The number of ether oxygens (including phenoxy) is 3. The molecule has 2 aliphatic heterocycles. The molecule has 0 radical (unpaired) electrons. The highest BCUT2D eigenvalue weighted by molar-refractivity contribution is 5.41. The number of halogens is 3. The molecule has 0 aliphatic carbocycles. The van der Waals surface area contributed by atoms with Crippen molar-refractivity contribution in [3.05, 3.63) is 0 Å². The number of nitrogens with zero attached hydrogens (tertiary/aromatic N) is 5. The van der Waals surface area contributed by atoms with Crippen LogP contribution in [-0.2, 0) is 9.47 Å². The summed E-state index contributed by atoms with van der Waals surface area (Å²) in [6.07, 6.45) is -4.67. The van der Waals surface area contributed by atoms with Gasteiger partial charge in [-0.3, -0.25) is 0 Å². The van der Waals surface area contributed by atoms with E-state index in [9.17, 15) is 13.2 Å². The Labute approximate surface area is 162 Å². The number of hydrogen-bond donors (Lipinski definition) is 0. The van der Waals surface area contributed by atoms with E-state index in [0.717, 1.165) is 0 Å². The van der Waals surface area contributed by atoms with Crippen LogP contribution >= 0.6 is 0 Å². The highest BCUT2D eigenvalue weighted by Gasteiger charge is 2.31. The molecule has 0 aromatic carbocycles. The first kappa shape index (κ1) is 20.8. The number of alkyl halides is 3. The van der Waals surface area contributed by atoms with Gasteiger partial charge in [-0.2, -0.15) is 28.1 Å². The van der Waals surface area contributed by atoms with E-state index >= 15 is 0 Å². The summed E-state index contributed by atoms with van der Waals surface area (Å²) in [7, 11) is 0. The van der Waals surface area contributed by atoms with Crippen molar-refractivity contribution in [3.63, 3.8) is 0 Å². The summed E-state index contributed by atoms with van der Waals surface area (Å²) in [5, 5.41) is 0. The van der Waals surface area contributed by atoms with Crippen molar-refractivity contribution >= 4 is 11.9 Å². The zero-order valence-electron chi connectivity index (χ0n) is 16.4. The summed E-state index contributed by atoms with van der Waals surface area (Å²) < 4.78 is 54.1. The van der Waals surface area contributed by atoms with E-state index < -0.39 is 12.8 Å². The van der Waals surface area contributed by atoms with Crippen LogP contribution in [0.3, 0.4) is 0 Å². The lowest BCUT2D eigenvalue weighted by Gasteiger charge is -2.37. The maximum atomic E-state index is 12.6. The molecule has 4 atom stereocenters. The Morgan fingerprint density at radius 3 is 1.57 bits per heavy atom. The standard InChI is InChI=1S/C17H26F3N5O3/c1-10-5-24(6-11(2)27-10)14-21-15(25-7-12(3)28-13(4)8-25)23-16(22-14)26-9-17(18,19)20/h10-13H,5-9H2,1-4H3. The molecular formula is C17H26F3N5O3. The average molecular weight is 405 g/mol. The van der Waals surface area contributed by atoms with Gasteiger partial charge in [-0.15, -0.1) is 0 Å². The first-order valence-corrected chi connectivity index (χ1v) is 9.35. The SMILES string of the molecule is CC1CN(c2nc(OCC(F)(F)F)nc(N3CC(C)OC(C)C3)n2)CC(C)O1. The number of rotatable bonds is 4. The number of morpholine rings is 2. The molecule has 0 amide bonds. The number of aromatic nitrogens is 3. The molecule has 2 fully saturated rings. The molecule has 0 spiro atoms. The van der Waals surface area contributed by atoms with Gasteiger partial charge in [-0.1, -0.05) is 0 Å². The Morgan fingerprint density at radius 2 is 1.21 bits per heavy atom. The van der Waals surface area contributed by atoms with Gasteiger partial charge in [0.05, 0.1) is 24.4 Å². The van der Waals surface area contributed by atoms with Gasteiger partial charge >= 0.3 is 12.2 Å². The van der Waals surface area contributed by atoms with Gasteiger partial charge < -0.3 is 24.0 Å². The van der Waals surface area contributed by atoms with Crippen LogP contribution in [0.5, 0.6) is 6.01 Å². The molecule has 0 N–H and O–H groups in total. The maximum Gasteiger partial charge on any atom is 0.422 e. The van der Waals surface area contributed by atoms with E-state index in [1.807, 2.05) is 37.5 Å². The maximum absolute atomic E-state index is 12.6. The topological polar surface area (TPSA) is 72.8 Å². The molecule has 4 unspecified atom stereocenters. The molecule has 158 valence electrons. The molecule has 3 rings (SSSR count). The molecular weight excluding hydrogens is 379 g/mol. The van der Waals surface area contributed by atoms with Crippen LogP contribution in [-0.4, -0.2) is 78.3 Å². The highest BCUT2D eigenvalue weighted by Crippen LogP contribution is 2.25. The third-order valence-corrected chi connectivity index (χ3v) is 4.36. The van der Waals surface area contributed by atoms with Gasteiger partial charge in [0.2, 0.25) is 11.9 Å². The third kappa shape index (κ3) is 5.57. The van der Waals surface area contributed by atoms with Crippen molar-refractivity contribution in [1.29, 1.82) is 0 Å². The number of anilines is 2. The van der Waals surface area contributed by atoms with Crippen LogP contribution in [0.1, 0.15) is 27.7 Å². The zero-order valence-corrected chi connectivity index (χ0v) is 16.4. The molecule has 0 bridgehead atoms. The normalized spacial score (nSPS) is 29.1. The van der Waals surface area contributed by atoms with Gasteiger partial charge in [-0.05, 0) is 27.7 Å². The van der Waals surface area contributed by atoms with E-state index in [1.165, 1.54) is 0 Å². The second-order valence-electron chi connectivity index (χ2n) is 7.45. The highest BCUT2D eigenvalue weighted by atomic mass is 19.4. The van der Waals surface area contributed by atoms with Gasteiger partial charge in [0.1, 0.15) is 0 Å². The Balaban J connectivity index is 1.89. The lowest BCUT2D eigenvalue weighted by atomic mass is 10.2. The largest absolute Gasteiger partial charge is 0.454 e. The van der Waals surface area contributed by atoms with Crippen molar-refractivity contribution < 1.29 is 27.4 Å². The van der Waals surface area contributed by atoms with Crippen LogP contribution in [0, 0.1) is 0 Å². The van der Waals surface area contributed by atoms with E-state index in [4.69, 9.17) is 14.2 Å². The van der Waals surface area contributed by atoms with Gasteiger partial charge in [0, 0.05) is 26.2 Å². The minimum Gasteiger partial charge on any atom is -0.454 e. The quantitative estimate of drug-likeness (QED) is 0.754. The fourth-order valence-corrected chi connectivity index (χ4v) is 3.51. The molecule has 1 aromatic heterocycles. The van der Waals surface area contributed by atoms with Crippen LogP contribution in [0.25, 0.3) is 0 Å². The zero-order chi connectivity index (χ0) is 20.5. The summed E-state index contributed by atoms with van der Waals surface area (Å²) in [6.45, 7) is 8.38. The number of hydrogen-bond acceptors (Lipinski definition) is 8. The van der Waals surface area contributed by atoms with Crippen LogP contribution < -0.4 is 14.5 Å². The summed E-state index contributed by atoms with van der Waals surface area (Å²) in [5.41, 5.74) is 0. The van der Waals surface area contributed by atoms with Crippen molar-refractivity contribution in [2.45, 2.75) is 58.3 Å². The Morgan fingerprint density at radius 1 is 0.821 bits per heavy atom. The Bertz CT molecular complexity index is 614. The summed E-state index contributed by atoms with van der Waals surface area (Å²) in [4.78, 5) is 16.6. The fraction of sp³-hybridized carbons (Fsp3) is 0.824. The molecule has 8 nitrogen and oxygen atoms in total. The predicted molar refractivity (Wildman–Crippen MR) is 95.8 cm³/mol. The van der Waals surface area contributed by atoms with Crippen molar-refractivity contribution in [3.8, 4) is 6.01 Å². The minimum absolute atomic E-state index is 0.0491. The molecule has 11 heteroatoms. The van der Waals surface area contributed by atoms with E-state index in [-0.39, 0.29) is 42.3 Å². The van der Waals surface area contributed by atoms with Crippen molar-refractivity contribution in [2.24, 2.45) is 0 Å². The lowest BCUT2D eigenvalue weighted by Crippen LogP contribution is -2.48. The monoisotopic (exact) mass is 405 g/mol. The lowest BCUT2D eigenvalue weighted by molar-refractivity contribution is -0.154. The van der Waals surface area contributed by atoms with Gasteiger partial charge in [-0.25, -0.2) is 0 Å². The molecule has 3 heterocycles. The van der Waals surface area contributed by atoms with Crippen molar-refractivity contribution in [2.75, 3.05) is 42.6 Å². The molecule has 2 aliphatic rings. The summed E-state index contributed by atoms with van der Waals surface area (Å²) in [6, 6.07) is -0.337. The first-order valence-electron chi connectivity index (χ1n) is 9.35. The van der Waals surface area contributed by atoms with E-state index in [1.54, 1.807) is 0 Å². The van der Waals surface area contributed by atoms with Crippen LogP contribution in [0.2, 0.25) is 0 Å². The second kappa shape index (κ2) is 8.24. The average Bonchev–Trinajstić information content (AvgIpc) is 2.57. The van der Waals surface area contributed by atoms with Crippen LogP contribution in [0.4, 0.5) is 25.1 Å². The first-order chi connectivity index (χ1) is 13.1. The third-order valence-electron chi connectivity index (χ3n) is 4.36. The molecule has 0 saturated carbocycles. The van der Waals surface area contributed by atoms with Crippen molar-refractivity contribution in [1.82, 2.24) is 15.0 Å². The minimum atomic E-state index is -4.48. The predicted octanol–water partition coefficient (Wildman–Crippen LogP) is 2.04. The van der Waals surface area contributed by atoms with E-state index in [0.29, 0.717) is 26.2 Å². The van der Waals surface area contributed by atoms with Gasteiger partial charge in [0.15, 0.2) is 6.61 Å².